The SMILES string of the molecule is CS(=O)(=O)c1ccc(C(=O)NCC2(c3ccccc3)CC2)cc1. The third-order valence-electron chi connectivity index (χ3n) is 4.37. The molecule has 0 heterocycles. The molecule has 1 fully saturated rings. The van der Waals surface area contributed by atoms with Crippen LogP contribution in [0.25, 0.3) is 0 Å². The zero-order chi connectivity index (χ0) is 16.5. The van der Waals surface area contributed by atoms with Gasteiger partial charge in [-0.3, -0.25) is 4.79 Å². The summed E-state index contributed by atoms with van der Waals surface area (Å²) in [5.74, 6) is -0.174. The van der Waals surface area contributed by atoms with Gasteiger partial charge in [0.1, 0.15) is 0 Å². The first-order valence-electron chi connectivity index (χ1n) is 7.55. The van der Waals surface area contributed by atoms with E-state index in [1.165, 1.54) is 17.7 Å². The summed E-state index contributed by atoms with van der Waals surface area (Å²) in [7, 11) is -3.24. The molecule has 0 aromatic heterocycles. The molecule has 0 radical (unpaired) electrons. The highest BCUT2D eigenvalue weighted by molar-refractivity contribution is 7.90. The number of hydrogen-bond donors (Lipinski definition) is 1. The van der Waals surface area contributed by atoms with Crippen LogP contribution in [0.3, 0.4) is 0 Å². The molecule has 3 rings (SSSR count). The van der Waals surface area contributed by atoms with Crippen molar-refractivity contribution in [3.63, 3.8) is 0 Å². The largest absolute Gasteiger partial charge is 0.351 e. The predicted molar refractivity (Wildman–Crippen MR) is 89.2 cm³/mol. The molecule has 2 aromatic rings. The van der Waals surface area contributed by atoms with Gasteiger partial charge >= 0.3 is 0 Å². The zero-order valence-corrected chi connectivity index (χ0v) is 13.8. The molecule has 4 nitrogen and oxygen atoms in total. The summed E-state index contributed by atoms with van der Waals surface area (Å²) in [4.78, 5) is 12.5. The summed E-state index contributed by atoms with van der Waals surface area (Å²) in [5, 5.41) is 2.97. The number of rotatable bonds is 5. The summed E-state index contributed by atoms with van der Waals surface area (Å²) < 4.78 is 22.9. The van der Waals surface area contributed by atoms with Crippen LogP contribution in [0.1, 0.15) is 28.8 Å². The first kappa shape index (κ1) is 15.7. The number of nitrogens with one attached hydrogen (secondary N) is 1. The Bertz CT molecular complexity index is 807. The van der Waals surface area contributed by atoms with Crippen LogP contribution in [-0.4, -0.2) is 27.1 Å². The van der Waals surface area contributed by atoms with Gasteiger partial charge in [0.15, 0.2) is 9.84 Å². The van der Waals surface area contributed by atoms with Gasteiger partial charge in [0.2, 0.25) is 0 Å². The number of amides is 1. The molecule has 1 saturated carbocycles. The number of hydrogen-bond acceptors (Lipinski definition) is 3. The van der Waals surface area contributed by atoms with Gasteiger partial charge in [0.25, 0.3) is 5.91 Å². The maximum Gasteiger partial charge on any atom is 0.251 e. The summed E-state index contributed by atoms with van der Waals surface area (Å²) in [6.45, 7) is 0.601. The highest BCUT2D eigenvalue weighted by atomic mass is 32.2. The van der Waals surface area contributed by atoms with E-state index in [0.29, 0.717) is 12.1 Å². The third kappa shape index (κ3) is 3.45. The summed E-state index contributed by atoms with van der Waals surface area (Å²) in [6, 6.07) is 16.2. The maximum atomic E-state index is 12.3. The Morgan fingerprint density at radius 2 is 1.65 bits per heavy atom. The molecular weight excluding hydrogens is 310 g/mol. The molecule has 1 aliphatic rings. The van der Waals surface area contributed by atoms with E-state index in [9.17, 15) is 13.2 Å². The number of carbonyl (C=O) groups excluding carboxylic acids is 1. The molecule has 0 saturated heterocycles. The van der Waals surface area contributed by atoms with E-state index in [-0.39, 0.29) is 16.2 Å². The van der Waals surface area contributed by atoms with E-state index in [0.717, 1.165) is 19.1 Å². The van der Waals surface area contributed by atoms with Crippen molar-refractivity contribution >= 4 is 15.7 Å². The lowest BCUT2D eigenvalue weighted by molar-refractivity contribution is 0.0949. The monoisotopic (exact) mass is 329 g/mol. The molecule has 0 atom stereocenters. The first-order chi connectivity index (χ1) is 10.9. The molecule has 120 valence electrons. The van der Waals surface area contributed by atoms with Gasteiger partial charge in [-0.15, -0.1) is 0 Å². The predicted octanol–water partition coefficient (Wildman–Crippen LogP) is 2.55. The average molecular weight is 329 g/mol. The van der Waals surface area contributed by atoms with Gasteiger partial charge in [-0.05, 0) is 42.7 Å². The third-order valence-corrected chi connectivity index (χ3v) is 5.50. The van der Waals surface area contributed by atoms with Gasteiger partial charge in [0, 0.05) is 23.8 Å². The van der Waals surface area contributed by atoms with Crippen molar-refractivity contribution in [3.8, 4) is 0 Å². The van der Waals surface area contributed by atoms with Crippen LogP contribution in [-0.2, 0) is 15.3 Å². The van der Waals surface area contributed by atoms with Crippen molar-refractivity contribution in [3.05, 3.63) is 65.7 Å². The van der Waals surface area contributed by atoms with Crippen molar-refractivity contribution in [2.75, 3.05) is 12.8 Å². The van der Waals surface area contributed by atoms with Gasteiger partial charge in [0.05, 0.1) is 4.90 Å². The van der Waals surface area contributed by atoms with Gasteiger partial charge < -0.3 is 5.32 Å². The lowest BCUT2D eigenvalue weighted by Crippen LogP contribution is -2.32. The molecule has 5 heteroatoms. The number of sulfone groups is 1. The fourth-order valence-electron chi connectivity index (χ4n) is 2.72. The molecule has 2 aromatic carbocycles. The van der Waals surface area contributed by atoms with Crippen molar-refractivity contribution in [1.82, 2.24) is 5.32 Å². The Hall–Kier alpha value is -2.14. The molecule has 0 spiro atoms. The Kier molecular flexibility index (Phi) is 3.98. The van der Waals surface area contributed by atoms with Gasteiger partial charge in [-0.1, -0.05) is 30.3 Å². The first-order valence-corrected chi connectivity index (χ1v) is 9.44. The Morgan fingerprint density at radius 1 is 1.04 bits per heavy atom. The fraction of sp³-hybridized carbons (Fsp3) is 0.278. The molecule has 1 aliphatic carbocycles. The minimum atomic E-state index is -3.24. The molecule has 1 N–H and O–H groups in total. The molecule has 0 unspecified atom stereocenters. The highest BCUT2D eigenvalue weighted by Crippen LogP contribution is 2.47. The second-order valence-electron chi connectivity index (χ2n) is 6.13. The van der Waals surface area contributed by atoms with Gasteiger partial charge in [-0.2, -0.15) is 0 Å². The molecular formula is C18H19NO3S. The maximum absolute atomic E-state index is 12.3. The number of carbonyl (C=O) groups is 1. The minimum Gasteiger partial charge on any atom is -0.351 e. The van der Waals surface area contributed by atoms with Crippen LogP contribution in [0.5, 0.6) is 0 Å². The average Bonchev–Trinajstić information content (AvgIpc) is 3.34. The summed E-state index contributed by atoms with van der Waals surface area (Å²) in [6.07, 6.45) is 3.30. The summed E-state index contributed by atoms with van der Waals surface area (Å²) in [5.41, 5.74) is 1.79. The topological polar surface area (TPSA) is 63.2 Å². The van der Waals surface area contributed by atoms with E-state index in [2.05, 4.69) is 17.4 Å². The van der Waals surface area contributed by atoms with Crippen LogP contribution >= 0.6 is 0 Å². The number of benzene rings is 2. The highest BCUT2D eigenvalue weighted by Gasteiger charge is 2.44. The quantitative estimate of drug-likeness (QED) is 0.917. The van der Waals surface area contributed by atoms with E-state index in [1.807, 2.05) is 18.2 Å². The van der Waals surface area contributed by atoms with Crippen LogP contribution < -0.4 is 5.32 Å². The molecule has 23 heavy (non-hydrogen) atoms. The molecule has 0 aliphatic heterocycles. The Balaban J connectivity index is 1.66. The zero-order valence-electron chi connectivity index (χ0n) is 13.0. The normalized spacial score (nSPS) is 15.9. The molecule has 0 bridgehead atoms. The molecule has 1 amide bonds. The second kappa shape index (κ2) is 5.81. The van der Waals surface area contributed by atoms with Crippen molar-refractivity contribution < 1.29 is 13.2 Å². The lowest BCUT2D eigenvalue weighted by atomic mass is 9.96. The summed E-state index contributed by atoms with van der Waals surface area (Å²) >= 11 is 0. The smallest absolute Gasteiger partial charge is 0.251 e. The van der Waals surface area contributed by atoms with Crippen molar-refractivity contribution in [2.45, 2.75) is 23.2 Å². The van der Waals surface area contributed by atoms with E-state index < -0.39 is 9.84 Å². The van der Waals surface area contributed by atoms with Crippen LogP contribution in [0.2, 0.25) is 0 Å². The fourth-order valence-corrected chi connectivity index (χ4v) is 3.35. The van der Waals surface area contributed by atoms with E-state index in [4.69, 9.17) is 0 Å². The van der Waals surface area contributed by atoms with Crippen molar-refractivity contribution in [2.24, 2.45) is 0 Å². The van der Waals surface area contributed by atoms with Gasteiger partial charge in [-0.25, -0.2) is 8.42 Å². The lowest BCUT2D eigenvalue weighted by Gasteiger charge is -2.16. The van der Waals surface area contributed by atoms with Crippen molar-refractivity contribution in [1.29, 1.82) is 0 Å². The van der Waals surface area contributed by atoms with E-state index in [1.54, 1.807) is 12.1 Å². The second-order valence-corrected chi connectivity index (χ2v) is 8.14. The Morgan fingerprint density at radius 3 is 2.17 bits per heavy atom. The van der Waals surface area contributed by atoms with Crippen LogP contribution in [0, 0.1) is 0 Å². The van der Waals surface area contributed by atoms with Crippen LogP contribution in [0.15, 0.2) is 59.5 Å². The minimum absolute atomic E-state index is 0.0591. The van der Waals surface area contributed by atoms with Crippen LogP contribution in [0.4, 0.5) is 0 Å². The standard InChI is InChI=1S/C18H19NO3S/c1-23(21,22)16-9-7-14(8-10-16)17(20)19-13-18(11-12-18)15-5-3-2-4-6-15/h2-10H,11-13H2,1H3,(H,19,20). The van der Waals surface area contributed by atoms with E-state index >= 15 is 0 Å². The Labute approximate surface area is 136 Å².